The molecule has 1 aromatic rings. The molecule has 27 heavy (non-hydrogen) atoms. The Bertz CT molecular complexity index is 704. The summed E-state index contributed by atoms with van der Waals surface area (Å²) in [5.41, 5.74) is 0.775. The van der Waals surface area contributed by atoms with E-state index in [4.69, 9.17) is 11.6 Å². The van der Waals surface area contributed by atoms with Crippen LogP contribution >= 0.6 is 11.6 Å². The highest BCUT2D eigenvalue weighted by Gasteiger charge is 2.12. The lowest BCUT2D eigenvalue weighted by Gasteiger charge is -2.17. The molecule has 1 fully saturated rings. The fraction of sp³-hybridized carbons (Fsp3) is 0.421. The van der Waals surface area contributed by atoms with Crippen molar-refractivity contribution in [2.75, 3.05) is 48.9 Å². The van der Waals surface area contributed by atoms with Crippen LogP contribution in [0.4, 0.5) is 17.6 Å². The maximum Gasteiger partial charge on any atom is 0.226 e. The molecule has 1 aliphatic rings. The smallest absolute Gasteiger partial charge is 0.226 e. The molecule has 0 aromatic carbocycles. The quantitative estimate of drug-likeness (QED) is 0.361. The fourth-order valence-electron chi connectivity index (χ4n) is 2.66. The monoisotopic (exact) mass is 389 g/mol. The number of rotatable bonds is 10. The van der Waals surface area contributed by atoms with E-state index in [-0.39, 0.29) is 0 Å². The highest BCUT2D eigenvalue weighted by molar-refractivity contribution is 6.29. The van der Waals surface area contributed by atoms with Crippen LogP contribution in [0.1, 0.15) is 19.8 Å². The molecule has 0 radical (unpaired) electrons. The molecule has 8 heteroatoms. The summed E-state index contributed by atoms with van der Waals surface area (Å²) in [4.78, 5) is 11.5. The van der Waals surface area contributed by atoms with Gasteiger partial charge in [0.1, 0.15) is 5.82 Å². The normalized spacial score (nSPS) is 15.5. The van der Waals surface area contributed by atoms with Crippen molar-refractivity contribution in [3.05, 3.63) is 41.6 Å². The first-order chi connectivity index (χ1) is 13.0. The number of anilines is 3. The largest absolute Gasteiger partial charge is 0.353 e. The van der Waals surface area contributed by atoms with Crippen LogP contribution in [0.5, 0.6) is 0 Å². The summed E-state index contributed by atoms with van der Waals surface area (Å²) in [5.74, 6) is 1.81. The summed E-state index contributed by atoms with van der Waals surface area (Å²) in [5, 5.41) is 12.7. The lowest BCUT2D eigenvalue weighted by Crippen LogP contribution is -2.26. The van der Waals surface area contributed by atoms with E-state index >= 15 is 0 Å². The first-order valence-electron chi connectivity index (χ1n) is 9.01. The van der Waals surface area contributed by atoms with Gasteiger partial charge in [-0.15, -0.1) is 0 Å². The molecule has 2 rings (SSSR count). The highest BCUT2D eigenvalue weighted by atomic mass is 35.5. The first kappa shape index (κ1) is 20.9. The number of allylic oxidation sites excluding steroid dienone is 4. The second-order valence-electron chi connectivity index (χ2n) is 6.28. The van der Waals surface area contributed by atoms with Crippen LogP contribution in [-0.4, -0.2) is 54.8 Å². The molecule has 2 N–H and O–H groups in total. The zero-order valence-electron chi connectivity index (χ0n) is 16.1. The SMILES string of the molecule is C=C/C(=C\C=C(/C)Cl)Nc1cc(N(C)N=C)nc(NCCN2CCCC2)n1. The molecule has 1 aliphatic heterocycles. The first-order valence-corrected chi connectivity index (χ1v) is 9.39. The Labute approximate surface area is 166 Å². The molecule has 0 bridgehead atoms. The van der Waals surface area contributed by atoms with Gasteiger partial charge in [0.2, 0.25) is 5.95 Å². The number of hydrazone groups is 1. The molecule has 1 saturated heterocycles. The summed E-state index contributed by atoms with van der Waals surface area (Å²) >= 11 is 5.89. The third-order valence-corrected chi connectivity index (χ3v) is 4.28. The zero-order chi connectivity index (χ0) is 19.6. The summed E-state index contributed by atoms with van der Waals surface area (Å²) in [6.45, 7) is 13.3. The average molecular weight is 390 g/mol. The Morgan fingerprint density at radius 3 is 2.74 bits per heavy atom. The van der Waals surface area contributed by atoms with Crippen molar-refractivity contribution in [3.63, 3.8) is 0 Å². The van der Waals surface area contributed by atoms with E-state index in [1.807, 2.05) is 13.0 Å². The van der Waals surface area contributed by atoms with Crippen LogP contribution in [0, 0.1) is 0 Å². The summed E-state index contributed by atoms with van der Waals surface area (Å²) in [6, 6.07) is 1.80. The van der Waals surface area contributed by atoms with Gasteiger partial charge in [0.15, 0.2) is 5.82 Å². The second-order valence-corrected chi connectivity index (χ2v) is 6.88. The molecule has 0 spiro atoms. The van der Waals surface area contributed by atoms with E-state index in [1.165, 1.54) is 25.9 Å². The van der Waals surface area contributed by atoms with Crippen LogP contribution in [0.15, 0.2) is 46.7 Å². The van der Waals surface area contributed by atoms with Gasteiger partial charge in [-0.2, -0.15) is 15.1 Å². The van der Waals surface area contributed by atoms with Gasteiger partial charge in [0.25, 0.3) is 0 Å². The number of hydrogen-bond acceptors (Lipinski definition) is 7. The van der Waals surface area contributed by atoms with Gasteiger partial charge in [0.05, 0.1) is 0 Å². The minimum absolute atomic E-state index is 0.539. The zero-order valence-corrected chi connectivity index (χ0v) is 16.8. The average Bonchev–Trinajstić information content (AvgIpc) is 3.17. The molecule has 0 unspecified atom stereocenters. The standard InChI is InChI=1S/C19H28ClN7/c1-5-16(9-8-15(2)20)23-17-14-18(26(4)21-3)25-19(24-17)22-10-13-27-11-6-7-12-27/h5,8-9,14H,1,3,6-7,10-13H2,2,4H3,(H2,22,23,24,25)/b15-8+,16-9+. The van der Waals surface area contributed by atoms with Gasteiger partial charge in [-0.3, -0.25) is 5.01 Å². The molecule has 0 atom stereocenters. The van der Waals surface area contributed by atoms with E-state index in [9.17, 15) is 0 Å². The molecule has 0 amide bonds. The van der Waals surface area contributed by atoms with Crippen molar-refractivity contribution in [2.24, 2.45) is 5.10 Å². The van der Waals surface area contributed by atoms with E-state index in [0.717, 1.165) is 18.8 Å². The lowest BCUT2D eigenvalue weighted by molar-refractivity contribution is 0.352. The van der Waals surface area contributed by atoms with Crippen LogP contribution in [-0.2, 0) is 0 Å². The van der Waals surface area contributed by atoms with Gasteiger partial charge in [-0.1, -0.05) is 18.2 Å². The number of hydrogen-bond donors (Lipinski definition) is 2. The van der Waals surface area contributed by atoms with Crippen LogP contribution in [0.3, 0.4) is 0 Å². The van der Waals surface area contributed by atoms with Gasteiger partial charge in [-0.25, -0.2) is 0 Å². The van der Waals surface area contributed by atoms with E-state index in [0.29, 0.717) is 22.6 Å². The van der Waals surface area contributed by atoms with Gasteiger partial charge in [0, 0.05) is 43.7 Å². The van der Waals surface area contributed by atoms with Gasteiger partial charge in [-0.05, 0) is 51.1 Å². The topological polar surface area (TPSA) is 68.7 Å². The van der Waals surface area contributed by atoms with E-state index < -0.39 is 0 Å². The van der Waals surface area contributed by atoms with Crippen molar-refractivity contribution in [1.82, 2.24) is 14.9 Å². The Balaban J connectivity index is 2.14. The molecule has 7 nitrogen and oxygen atoms in total. The molecule has 2 heterocycles. The van der Waals surface area contributed by atoms with Crippen molar-refractivity contribution in [2.45, 2.75) is 19.8 Å². The third kappa shape index (κ3) is 7.03. The minimum atomic E-state index is 0.539. The number of nitrogens with one attached hydrogen (secondary N) is 2. The Morgan fingerprint density at radius 2 is 2.11 bits per heavy atom. The van der Waals surface area contributed by atoms with Crippen LogP contribution in [0.25, 0.3) is 0 Å². The molecule has 146 valence electrons. The molecule has 1 aromatic heterocycles. The number of halogens is 1. The molecular formula is C19H28ClN7. The van der Waals surface area contributed by atoms with E-state index in [1.54, 1.807) is 30.3 Å². The van der Waals surface area contributed by atoms with Crippen LogP contribution < -0.4 is 15.6 Å². The minimum Gasteiger partial charge on any atom is -0.353 e. The highest BCUT2D eigenvalue weighted by Crippen LogP contribution is 2.19. The van der Waals surface area contributed by atoms with E-state index in [2.05, 4.69) is 43.9 Å². The predicted octanol–water partition coefficient (Wildman–Crippen LogP) is 3.66. The summed E-state index contributed by atoms with van der Waals surface area (Å²) < 4.78 is 0. The summed E-state index contributed by atoms with van der Waals surface area (Å²) in [7, 11) is 1.79. The second kappa shape index (κ2) is 10.7. The molecular weight excluding hydrogens is 362 g/mol. The number of nitrogens with zero attached hydrogens (tertiary/aromatic N) is 5. The maximum atomic E-state index is 5.89. The third-order valence-electron chi connectivity index (χ3n) is 4.15. The molecule has 0 aliphatic carbocycles. The fourth-order valence-corrected chi connectivity index (χ4v) is 2.72. The van der Waals surface area contributed by atoms with Crippen molar-refractivity contribution in [3.8, 4) is 0 Å². The lowest BCUT2D eigenvalue weighted by atomic mass is 10.3. The summed E-state index contributed by atoms with van der Waals surface area (Å²) in [6.07, 6.45) is 7.90. The number of likely N-dealkylation sites (tertiary alicyclic amines) is 1. The van der Waals surface area contributed by atoms with Crippen LogP contribution in [0.2, 0.25) is 0 Å². The molecule has 0 saturated carbocycles. The maximum absolute atomic E-state index is 5.89. The Hall–Kier alpha value is -2.38. The van der Waals surface area contributed by atoms with Crippen molar-refractivity contribution >= 4 is 35.9 Å². The van der Waals surface area contributed by atoms with Crippen molar-refractivity contribution < 1.29 is 0 Å². The predicted molar refractivity (Wildman–Crippen MR) is 116 cm³/mol. The van der Waals surface area contributed by atoms with Gasteiger partial charge >= 0.3 is 0 Å². The Kier molecular flexibility index (Phi) is 8.29. The number of aromatic nitrogens is 2. The van der Waals surface area contributed by atoms with Crippen molar-refractivity contribution in [1.29, 1.82) is 0 Å². The Morgan fingerprint density at radius 1 is 1.37 bits per heavy atom. The van der Waals surface area contributed by atoms with Gasteiger partial charge < -0.3 is 15.5 Å².